The van der Waals surface area contributed by atoms with Crippen LogP contribution >= 0.6 is 0 Å². The van der Waals surface area contributed by atoms with E-state index in [0.717, 1.165) is 37.5 Å². The average molecular weight is 424 g/mol. The summed E-state index contributed by atoms with van der Waals surface area (Å²) < 4.78 is 5.73. The molecule has 2 aromatic rings. The predicted octanol–water partition coefficient (Wildman–Crippen LogP) is 3.32. The fraction of sp³-hybridized carbons (Fsp3) is 0.440. The van der Waals surface area contributed by atoms with Crippen LogP contribution in [0, 0.1) is 13.8 Å². The molecule has 0 saturated carbocycles. The third kappa shape index (κ3) is 6.74. The lowest BCUT2D eigenvalue weighted by molar-refractivity contribution is -0.131. The van der Waals surface area contributed by atoms with E-state index in [4.69, 9.17) is 4.74 Å². The number of hydrogen-bond donors (Lipinski definition) is 1. The Balaban J connectivity index is 1.27. The van der Waals surface area contributed by atoms with Crippen molar-refractivity contribution < 1.29 is 14.3 Å². The van der Waals surface area contributed by atoms with Crippen molar-refractivity contribution in [2.75, 3.05) is 44.2 Å². The van der Waals surface area contributed by atoms with E-state index in [2.05, 4.69) is 22.3 Å². The third-order valence-electron chi connectivity index (χ3n) is 5.78. The van der Waals surface area contributed by atoms with Crippen molar-refractivity contribution in [2.24, 2.45) is 0 Å². The first-order valence-corrected chi connectivity index (χ1v) is 11.1. The van der Waals surface area contributed by atoms with Crippen molar-refractivity contribution in [3.8, 4) is 5.75 Å². The van der Waals surface area contributed by atoms with Crippen LogP contribution < -0.4 is 15.0 Å². The molecule has 3 rings (SSSR count). The average Bonchev–Trinajstić information content (AvgIpc) is 2.80. The largest absolute Gasteiger partial charge is 0.493 e. The van der Waals surface area contributed by atoms with Gasteiger partial charge in [-0.25, -0.2) is 0 Å². The Morgan fingerprint density at radius 2 is 1.68 bits per heavy atom. The van der Waals surface area contributed by atoms with Gasteiger partial charge in [0.15, 0.2) is 0 Å². The van der Waals surface area contributed by atoms with Gasteiger partial charge in [-0.05, 0) is 49.6 Å². The van der Waals surface area contributed by atoms with Crippen LogP contribution in [0.5, 0.6) is 5.75 Å². The lowest BCUT2D eigenvalue weighted by Gasteiger charge is -2.36. The van der Waals surface area contributed by atoms with Gasteiger partial charge in [-0.1, -0.05) is 30.3 Å². The van der Waals surface area contributed by atoms with Crippen molar-refractivity contribution in [1.82, 2.24) is 10.2 Å². The highest BCUT2D eigenvalue weighted by Crippen LogP contribution is 2.20. The zero-order valence-corrected chi connectivity index (χ0v) is 18.6. The zero-order valence-electron chi connectivity index (χ0n) is 18.6. The molecule has 0 atom stereocenters. The van der Waals surface area contributed by atoms with Crippen LogP contribution in [0.3, 0.4) is 0 Å². The molecule has 6 heteroatoms. The van der Waals surface area contributed by atoms with Crippen LogP contribution in [0.4, 0.5) is 5.69 Å². The summed E-state index contributed by atoms with van der Waals surface area (Å²) in [5, 5.41) is 2.88. The normalized spacial score (nSPS) is 13.7. The number of benzene rings is 2. The van der Waals surface area contributed by atoms with Gasteiger partial charge in [-0.15, -0.1) is 0 Å². The minimum atomic E-state index is -0.0470. The summed E-state index contributed by atoms with van der Waals surface area (Å²) in [7, 11) is 0. The number of nitrogens with one attached hydrogen (secondary N) is 1. The molecule has 31 heavy (non-hydrogen) atoms. The van der Waals surface area contributed by atoms with Crippen LogP contribution in [0.25, 0.3) is 0 Å². The number of ether oxygens (including phenoxy) is 1. The fourth-order valence-electron chi connectivity index (χ4n) is 3.70. The molecule has 166 valence electrons. The number of piperazine rings is 1. The smallest absolute Gasteiger partial charge is 0.223 e. The second-order valence-electron chi connectivity index (χ2n) is 7.95. The van der Waals surface area contributed by atoms with Gasteiger partial charge in [0.05, 0.1) is 13.0 Å². The van der Waals surface area contributed by atoms with E-state index in [0.29, 0.717) is 32.4 Å². The minimum absolute atomic E-state index is 0.0470. The Kier molecular flexibility index (Phi) is 8.33. The van der Waals surface area contributed by atoms with Gasteiger partial charge in [0.1, 0.15) is 5.75 Å². The maximum Gasteiger partial charge on any atom is 0.223 e. The topological polar surface area (TPSA) is 61.9 Å². The second-order valence-corrected chi connectivity index (χ2v) is 7.95. The van der Waals surface area contributed by atoms with Crippen molar-refractivity contribution in [1.29, 1.82) is 0 Å². The van der Waals surface area contributed by atoms with Crippen molar-refractivity contribution in [3.05, 3.63) is 59.7 Å². The van der Waals surface area contributed by atoms with E-state index < -0.39 is 0 Å². The number of amides is 2. The predicted molar refractivity (Wildman–Crippen MR) is 124 cm³/mol. The summed E-state index contributed by atoms with van der Waals surface area (Å²) in [5.74, 6) is 0.945. The third-order valence-corrected chi connectivity index (χ3v) is 5.78. The molecular weight excluding hydrogens is 390 g/mol. The number of rotatable bonds is 9. The second kappa shape index (κ2) is 11.4. The van der Waals surface area contributed by atoms with Crippen LogP contribution in [0.1, 0.15) is 30.4 Å². The van der Waals surface area contributed by atoms with E-state index in [1.807, 2.05) is 55.1 Å². The minimum Gasteiger partial charge on any atom is -0.493 e. The maximum atomic E-state index is 12.4. The Morgan fingerprint density at radius 1 is 0.935 bits per heavy atom. The van der Waals surface area contributed by atoms with Gasteiger partial charge >= 0.3 is 0 Å². The molecule has 0 spiro atoms. The molecule has 1 aliphatic heterocycles. The first-order valence-electron chi connectivity index (χ1n) is 11.1. The van der Waals surface area contributed by atoms with Gasteiger partial charge in [0.25, 0.3) is 0 Å². The first kappa shape index (κ1) is 22.7. The number of anilines is 1. The Morgan fingerprint density at radius 3 is 2.42 bits per heavy atom. The lowest BCUT2D eigenvalue weighted by atomic mass is 10.1. The number of aryl methyl sites for hydroxylation is 1. The maximum absolute atomic E-state index is 12.4. The molecule has 2 aromatic carbocycles. The van der Waals surface area contributed by atoms with E-state index in [1.54, 1.807) is 0 Å². The van der Waals surface area contributed by atoms with Gasteiger partial charge in [0.2, 0.25) is 11.8 Å². The molecule has 1 heterocycles. The van der Waals surface area contributed by atoms with Gasteiger partial charge in [-0.2, -0.15) is 0 Å². The summed E-state index contributed by atoms with van der Waals surface area (Å²) in [6.07, 6.45) is 1.43. The summed E-state index contributed by atoms with van der Waals surface area (Å²) in [4.78, 5) is 28.7. The van der Waals surface area contributed by atoms with E-state index in [9.17, 15) is 9.59 Å². The van der Waals surface area contributed by atoms with E-state index in [1.165, 1.54) is 11.3 Å². The van der Waals surface area contributed by atoms with Crippen LogP contribution in [0.2, 0.25) is 0 Å². The first-order chi connectivity index (χ1) is 15.0. The Hall–Kier alpha value is -3.02. The van der Waals surface area contributed by atoms with Crippen molar-refractivity contribution in [2.45, 2.75) is 33.1 Å². The molecule has 0 radical (unpaired) electrons. The standard InChI is InChI=1S/C25H33N3O3/c1-20-8-6-11-23(21(20)2)31-19-13-24(29)26-14-7-12-25(30)28-17-15-27(16-18-28)22-9-4-3-5-10-22/h3-6,8-11H,7,12-19H2,1-2H3,(H,26,29). The van der Waals surface area contributed by atoms with Crippen LogP contribution in [-0.4, -0.2) is 56.0 Å². The molecule has 6 nitrogen and oxygen atoms in total. The molecule has 0 aliphatic carbocycles. The lowest BCUT2D eigenvalue weighted by Crippen LogP contribution is -2.48. The highest BCUT2D eigenvalue weighted by molar-refractivity contribution is 5.77. The number of carbonyl (C=O) groups excluding carboxylic acids is 2. The number of para-hydroxylation sites is 1. The summed E-state index contributed by atoms with van der Waals surface area (Å²) >= 11 is 0. The summed E-state index contributed by atoms with van der Waals surface area (Å²) in [6.45, 7) is 8.12. The van der Waals surface area contributed by atoms with Crippen LogP contribution in [-0.2, 0) is 9.59 Å². The van der Waals surface area contributed by atoms with Crippen molar-refractivity contribution >= 4 is 17.5 Å². The number of hydrogen-bond acceptors (Lipinski definition) is 4. The molecule has 1 N–H and O–H groups in total. The SMILES string of the molecule is Cc1cccc(OCCC(=O)NCCCC(=O)N2CCN(c3ccccc3)CC2)c1C. The van der Waals surface area contributed by atoms with Crippen LogP contribution in [0.15, 0.2) is 48.5 Å². The Labute approximate surface area is 185 Å². The van der Waals surface area contributed by atoms with E-state index >= 15 is 0 Å². The van der Waals surface area contributed by atoms with Gasteiger partial charge in [0, 0.05) is 44.8 Å². The fourth-order valence-corrected chi connectivity index (χ4v) is 3.70. The molecule has 0 unspecified atom stereocenters. The van der Waals surface area contributed by atoms with Gasteiger partial charge < -0.3 is 19.9 Å². The van der Waals surface area contributed by atoms with E-state index in [-0.39, 0.29) is 11.8 Å². The molecule has 2 amide bonds. The highest BCUT2D eigenvalue weighted by atomic mass is 16.5. The molecule has 0 aromatic heterocycles. The number of carbonyl (C=O) groups is 2. The molecular formula is C25H33N3O3. The quantitative estimate of drug-likeness (QED) is 0.629. The number of nitrogens with zero attached hydrogens (tertiary/aromatic N) is 2. The zero-order chi connectivity index (χ0) is 22.1. The molecule has 1 saturated heterocycles. The van der Waals surface area contributed by atoms with Gasteiger partial charge in [-0.3, -0.25) is 9.59 Å². The summed E-state index contributed by atoms with van der Waals surface area (Å²) in [5.41, 5.74) is 3.48. The monoisotopic (exact) mass is 423 g/mol. The molecule has 0 bridgehead atoms. The molecule has 1 aliphatic rings. The summed E-state index contributed by atoms with van der Waals surface area (Å²) in [6, 6.07) is 16.2. The molecule has 1 fully saturated rings. The van der Waals surface area contributed by atoms with Crippen molar-refractivity contribution in [3.63, 3.8) is 0 Å². The highest BCUT2D eigenvalue weighted by Gasteiger charge is 2.20. The Bertz CT molecular complexity index is 862.